The van der Waals surface area contributed by atoms with Crippen molar-refractivity contribution >= 4 is 12.2 Å². The van der Waals surface area contributed by atoms with Gasteiger partial charge in [-0.15, -0.1) is 5.01 Å². The molecule has 6 nitrogen and oxygen atoms in total. The fourth-order valence-corrected chi connectivity index (χ4v) is 0.821. The molecule has 0 heterocycles. The standard InChI is InChI=1S/C10H20N2O4/c1-3-5-7-15-9(13)12(11)10(14)16-8-6-4-2/h3-8,11H2,1-2H3. The lowest BCUT2D eigenvalue weighted by molar-refractivity contribution is 0.0753. The van der Waals surface area contributed by atoms with E-state index in [1.54, 1.807) is 0 Å². The lowest BCUT2D eigenvalue weighted by Gasteiger charge is -2.14. The average Bonchev–Trinajstić information content (AvgIpc) is 2.28. The Hall–Kier alpha value is -1.30. The molecule has 0 aliphatic heterocycles. The molecule has 0 saturated carbocycles. The van der Waals surface area contributed by atoms with Crippen LogP contribution in [0.4, 0.5) is 9.59 Å². The van der Waals surface area contributed by atoms with E-state index in [2.05, 4.69) is 0 Å². The SMILES string of the molecule is CCCCOC(=O)N(N)C(=O)OCCCC. The van der Waals surface area contributed by atoms with Gasteiger partial charge in [0.1, 0.15) is 0 Å². The molecule has 6 heteroatoms. The van der Waals surface area contributed by atoms with Crippen molar-refractivity contribution in [2.24, 2.45) is 5.84 Å². The zero-order chi connectivity index (χ0) is 12.4. The van der Waals surface area contributed by atoms with Crippen LogP contribution in [0.2, 0.25) is 0 Å². The molecule has 0 aliphatic carbocycles. The van der Waals surface area contributed by atoms with Crippen molar-refractivity contribution in [1.82, 2.24) is 5.01 Å². The molecule has 0 atom stereocenters. The van der Waals surface area contributed by atoms with E-state index < -0.39 is 12.2 Å². The van der Waals surface area contributed by atoms with E-state index in [1.165, 1.54) is 0 Å². The summed E-state index contributed by atoms with van der Waals surface area (Å²) in [5, 5.41) is 0.352. The first-order chi connectivity index (χ1) is 7.63. The second-order valence-corrected chi connectivity index (χ2v) is 3.31. The first kappa shape index (κ1) is 14.7. The van der Waals surface area contributed by atoms with Gasteiger partial charge in [-0.2, -0.15) is 0 Å². The molecule has 0 bridgehead atoms. The van der Waals surface area contributed by atoms with Crippen molar-refractivity contribution in [2.75, 3.05) is 13.2 Å². The number of hydrogen-bond acceptors (Lipinski definition) is 5. The zero-order valence-corrected chi connectivity index (χ0v) is 9.90. The Morgan fingerprint density at radius 1 is 1.00 bits per heavy atom. The number of carbonyl (C=O) groups is 2. The second-order valence-electron chi connectivity index (χ2n) is 3.31. The van der Waals surface area contributed by atoms with E-state index in [-0.39, 0.29) is 13.2 Å². The Labute approximate surface area is 95.6 Å². The van der Waals surface area contributed by atoms with Crippen LogP contribution in [0.3, 0.4) is 0 Å². The average molecular weight is 232 g/mol. The van der Waals surface area contributed by atoms with Crippen molar-refractivity contribution in [3.8, 4) is 0 Å². The molecule has 0 fully saturated rings. The first-order valence-corrected chi connectivity index (χ1v) is 5.51. The third kappa shape index (κ3) is 6.23. The summed E-state index contributed by atoms with van der Waals surface area (Å²) in [4.78, 5) is 22.3. The van der Waals surface area contributed by atoms with Gasteiger partial charge in [0.25, 0.3) is 0 Å². The van der Waals surface area contributed by atoms with Crippen molar-refractivity contribution in [2.45, 2.75) is 39.5 Å². The van der Waals surface area contributed by atoms with Crippen LogP contribution < -0.4 is 5.84 Å². The number of nitrogens with two attached hydrogens (primary N) is 1. The van der Waals surface area contributed by atoms with E-state index in [1.807, 2.05) is 13.8 Å². The molecule has 0 aromatic heterocycles. The molecular weight excluding hydrogens is 212 g/mol. The lowest BCUT2D eigenvalue weighted by Crippen LogP contribution is -2.43. The molecule has 0 saturated heterocycles. The predicted molar refractivity (Wildman–Crippen MR) is 58.5 cm³/mol. The Kier molecular flexibility index (Phi) is 8.24. The Balaban J connectivity index is 3.78. The number of hydrazine groups is 1. The molecular formula is C10H20N2O4. The molecule has 0 radical (unpaired) electrons. The van der Waals surface area contributed by atoms with Crippen LogP contribution in [-0.2, 0) is 9.47 Å². The Bertz CT molecular complexity index is 199. The number of imide groups is 1. The molecule has 16 heavy (non-hydrogen) atoms. The number of carbonyl (C=O) groups excluding carboxylic acids is 2. The van der Waals surface area contributed by atoms with E-state index in [4.69, 9.17) is 15.3 Å². The lowest BCUT2D eigenvalue weighted by atomic mass is 10.4. The van der Waals surface area contributed by atoms with Gasteiger partial charge in [-0.05, 0) is 12.8 Å². The summed E-state index contributed by atoms with van der Waals surface area (Å²) in [6, 6.07) is 0. The minimum Gasteiger partial charge on any atom is -0.448 e. The summed E-state index contributed by atoms with van der Waals surface area (Å²) in [6.07, 6.45) is 1.52. The maximum atomic E-state index is 11.2. The Morgan fingerprint density at radius 3 is 1.69 bits per heavy atom. The van der Waals surface area contributed by atoms with Crippen LogP contribution >= 0.6 is 0 Å². The minimum atomic E-state index is -0.880. The maximum absolute atomic E-state index is 11.2. The molecule has 0 aromatic carbocycles. The van der Waals surface area contributed by atoms with Gasteiger partial charge in [0.15, 0.2) is 0 Å². The smallest absolute Gasteiger partial charge is 0.434 e. The number of unbranched alkanes of at least 4 members (excludes halogenated alkanes) is 2. The number of rotatable bonds is 6. The number of amides is 2. The highest BCUT2D eigenvalue weighted by atomic mass is 16.6. The third-order valence-corrected chi connectivity index (χ3v) is 1.84. The van der Waals surface area contributed by atoms with E-state index in [0.29, 0.717) is 5.01 Å². The summed E-state index contributed by atoms with van der Waals surface area (Å²) >= 11 is 0. The summed E-state index contributed by atoms with van der Waals surface area (Å²) in [5.41, 5.74) is 0. The number of hydrogen-bond donors (Lipinski definition) is 1. The van der Waals surface area contributed by atoms with Crippen molar-refractivity contribution in [3.63, 3.8) is 0 Å². The summed E-state index contributed by atoms with van der Waals surface area (Å²) in [6.45, 7) is 4.44. The quantitative estimate of drug-likeness (QED) is 0.328. The van der Waals surface area contributed by atoms with Gasteiger partial charge in [-0.25, -0.2) is 15.4 Å². The first-order valence-electron chi connectivity index (χ1n) is 5.51. The molecule has 94 valence electrons. The molecule has 2 N–H and O–H groups in total. The number of nitrogens with zero attached hydrogens (tertiary/aromatic N) is 1. The van der Waals surface area contributed by atoms with Gasteiger partial charge >= 0.3 is 12.2 Å². The normalized spacial score (nSPS) is 9.69. The van der Waals surface area contributed by atoms with Gasteiger partial charge in [0.2, 0.25) is 0 Å². The highest BCUT2D eigenvalue weighted by molar-refractivity contribution is 5.86. The van der Waals surface area contributed by atoms with Crippen LogP contribution in [0.1, 0.15) is 39.5 Å². The highest BCUT2D eigenvalue weighted by Gasteiger charge is 2.20. The summed E-state index contributed by atoms with van der Waals surface area (Å²) in [5.74, 6) is 5.21. The minimum absolute atomic E-state index is 0.255. The maximum Gasteiger partial charge on any atom is 0.434 e. The fraction of sp³-hybridized carbons (Fsp3) is 0.800. The second kappa shape index (κ2) is 8.96. The van der Waals surface area contributed by atoms with Crippen molar-refractivity contribution < 1.29 is 19.1 Å². The van der Waals surface area contributed by atoms with Gasteiger partial charge in [0, 0.05) is 0 Å². The predicted octanol–water partition coefficient (Wildman–Crippen LogP) is 2.04. The van der Waals surface area contributed by atoms with Gasteiger partial charge in [-0.3, -0.25) is 0 Å². The van der Waals surface area contributed by atoms with Crippen LogP contribution in [0.15, 0.2) is 0 Å². The highest BCUT2D eigenvalue weighted by Crippen LogP contribution is 1.96. The van der Waals surface area contributed by atoms with E-state index >= 15 is 0 Å². The van der Waals surface area contributed by atoms with Crippen molar-refractivity contribution in [1.29, 1.82) is 0 Å². The van der Waals surface area contributed by atoms with Crippen molar-refractivity contribution in [3.05, 3.63) is 0 Å². The Morgan fingerprint density at radius 2 is 1.38 bits per heavy atom. The topological polar surface area (TPSA) is 81.9 Å². The van der Waals surface area contributed by atoms with Gasteiger partial charge in [-0.1, -0.05) is 26.7 Å². The van der Waals surface area contributed by atoms with Crippen LogP contribution in [0.25, 0.3) is 0 Å². The molecule has 0 unspecified atom stereocenters. The van der Waals surface area contributed by atoms with E-state index in [0.717, 1.165) is 25.7 Å². The fourth-order valence-electron chi connectivity index (χ4n) is 0.821. The van der Waals surface area contributed by atoms with E-state index in [9.17, 15) is 9.59 Å². The largest absolute Gasteiger partial charge is 0.448 e. The van der Waals surface area contributed by atoms with Crippen LogP contribution in [-0.4, -0.2) is 30.4 Å². The molecule has 0 rings (SSSR count). The molecule has 2 amide bonds. The molecule has 0 aliphatic rings. The number of ether oxygens (including phenoxy) is 2. The molecule has 0 spiro atoms. The van der Waals surface area contributed by atoms with Crippen LogP contribution in [0.5, 0.6) is 0 Å². The van der Waals surface area contributed by atoms with Gasteiger partial charge < -0.3 is 9.47 Å². The summed E-state index contributed by atoms with van der Waals surface area (Å²) < 4.78 is 9.47. The zero-order valence-electron chi connectivity index (χ0n) is 9.90. The molecule has 0 aromatic rings. The summed E-state index contributed by atoms with van der Waals surface area (Å²) in [7, 11) is 0. The van der Waals surface area contributed by atoms with Crippen LogP contribution in [0, 0.1) is 0 Å². The van der Waals surface area contributed by atoms with Gasteiger partial charge in [0.05, 0.1) is 13.2 Å². The third-order valence-electron chi connectivity index (χ3n) is 1.84. The monoisotopic (exact) mass is 232 g/mol.